The van der Waals surface area contributed by atoms with E-state index in [2.05, 4.69) is 6.58 Å². The van der Waals surface area contributed by atoms with Crippen molar-refractivity contribution in [1.82, 2.24) is 4.90 Å². The van der Waals surface area contributed by atoms with Crippen LogP contribution in [0.2, 0.25) is 0 Å². The Morgan fingerprint density at radius 3 is 2.17 bits per heavy atom. The molecule has 0 aromatic heterocycles. The van der Waals surface area contributed by atoms with Crippen molar-refractivity contribution in [3.8, 4) is 0 Å². The average molecular weight is 395 g/mol. The van der Waals surface area contributed by atoms with E-state index in [0.717, 1.165) is 11.1 Å². The molecule has 1 saturated heterocycles. The van der Waals surface area contributed by atoms with E-state index in [0.29, 0.717) is 0 Å². The molecule has 2 aromatic carbocycles. The summed E-state index contributed by atoms with van der Waals surface area (Å²) in [5.41, 5.74) is -1.96. The van der Waals surface area contributed by atoms with Crippen LogP contribution < -0.4 is 0 Å². The van der Waals surface area contributed by atoms with Crippen LogP contribution in [0.25, 0.3) is 0 Å². The largest absolute Gasteiger partial charge is 0.467 e. The Morgan fingerprint density at radius 2 is 1.62 bits per heavy atom. The zero-order chi connectivity index (χ0) is 21.1. The number of likely N-dealkylation sites (tertiary alicyclic amines) is 1. The van der Waals surface area contributed by atoms with E-state index in [4.69, 9.17) is 9.47 Å². The van der Waals surface area contributed by atoms with Crippen LogP contribution in [0.3, 0.4) is 0 Å². The minimum absolute atomic E-state index is 0.0675. The first-order valence-corrected chi connectivity index (χ1v) is 9.32. The van der Waals surface area contributed by atoms with Gasteiger partial charge in [0.2, 0.25) is 0 Å². The van der Waals surface area contributed by atoms with Gasteiger partial charge >= 0.3 is 5.97 Å². The molecule has 1 amide bonds. The summed E-state index contributed by atoms with van der Waals surface area (Å²) in [5.74, 6) is -1.26. The lowest BCUT2D eigenvalue weighted by molar-refractivity contribution is -0.176. The lowest BCUT2D eigenvalue weighted by Gasteiger charge is -2.41. The molecule has 1 aliphatic heterocycles. The van der Waals surface area contributed by atoms with Crippen LogP contribution in [0.1, 0.15) is 18.1 Å². The van der Waals surface area contributed by atoms with Crippen molar-refractivity contribution in [1.29, 1.82) is 0 Å². The van der Waals surface area contributed by atoms with Gasteiger partial charge in [-0.1, -0.05) is 67.2 Å². The number of carbonyl (C=O) groups excluding carboxylic acids is 2. The smallest absolute Gasteiger partial charge is 0.337 e. The zero-order valence-electron chi connectivity index (χ0n) is 16.6. The lowest BCUT2D eigenvalue weighted by atomic mass is 9.80. The molecule has 1 fully saturated rings. The van der Waals surface area contributed by atoms with E-state index in [9.17, 15) is 14.7 Å². The summed E-state index contributed by atoms with van der Waals surface area (Å²) in [7, 11) is 1.23. The highest BCUT2D eigenvalue weighted by Crippen LogP contribution is 2.44. The number of carbonyl (C=O) groups is 2. The van der Waals surface area contributed by atoms with Gasteiger partial charge in [0.05, 0.1) is 20.3 Å². The van der Waals surface area contributed by atoms with Gasteiger partial charge in [-0.05, 0) is 18.1 Å². The minimum Gasteiger partial charge on any atom is -0.467 e. The minimum atomic E-state index is -1.86. The maximum atomic E-state index is 13.0. The van der Waals surface area contributed by atoms with Gasteiger partial charge in [-0.15, -0.1) is 0 Å². The third-order valence-corrected chi connectivity index (χ3v) is 5.49. The molecule has 0 unspecified atom stereocenters. The quantitative estimate of drug-likeness (QED) is 0.576. The number of nitrogens with zero attached hydrogens (tertiary/aromatic N) is 1. The van der Waals surface area contributed by atoms with Gasteiger partial charge in [-0.2, -0.15) is 0 Å². The summed E-state index contributed by atoms with van der Waals surface area (Å²) in [5, 5.41) is 11.2. The van der Waals surface area contributed by atoms with Crippen LogP contribution >= 0.6 is 0 Å². The number of benzene rings is 2. The summed E-state index contributed by atoms with van der Waals surface area (Å²) >= 11 is 0. The highest BCUT2D eigenvalue weighted by atomic mass is 16.5. The fraction of sp³-hybridized carbons (Fsp3) is 0.304. The first-order chi connectivity index (χ1) is 13.8. The molecule has 2 atom stereocenters. The van der Waals surface area contributed by atoms with Crippen molar-refractivity contribution in [2.45, 2.75) is 31.2 Å². The van der Waals surface area contributed by atoms with Crippen LogP contribution in [-0.2, 0) is 32.2 Å². The van der Waals surface area contributed by atoms with Gasteiger partial charge in [-0.3, -0.25) is 4.79 Å². The average Bonchev–Trinajstić information content (AvgIpc) is 2.88. The number of ether oxygens (including phenoxy) is 2. The maximum absolute atomic E-state index is 13.0. The molecule has 152 valence electrons. The molecule has 0 bridgehead atoms. The van der Waals surface area contributed by atoms with Crippen molar-refractivity contribution in [2.75, 3.05) is 13.7 Å². The molecule has 0 saturated carbocycles. The molecule has 6 nitrogen and oxygen atoms in total. The number of methoxy groups -OCH3 is 1. The summed E-state index contributed by atoms with van der Waals surface area (Å²) in [6.07, 6.45) is 0. The number of hydrogen-bond donors (Lipinski definition) is 1. The summed E-state index contributed by atoms with van der Waals surface area (Å²) < 4.78 is 10.9. The first kappa shape index (κ1) is 20.8. The SMILES string of the molecule is C=C1C(=O)N(Cc2ccccc2)[C@@](COCc2ccccc2)(C(=O)OC)[C@]1(C)O. The van der Waals surface area contributed by atoms with Crippen LogP contribution in [-0.4, -0.2) is 46.7 Å². The standard InChI is InChI=1S/C23H25NO5/c1-17-20(25)24(14-18-10-6-4-7-11-18)23(21(26)28-3,22(17,2)27)16-29-15-19-12-8-5-9-13-19/h4-13,27H,1,14-16H2,2-3H3/t22-,23+/m1/s1. The highest BCUT2D eigenvalue weighted by molar-refractivity contribution is 6.05. The van der Waals surface area contributed by atoms with Crippen molar-refractivity contribution in [3.05, 3.63) is 83.9 Å². The van der Waals surface area contributed by atoms with E-state index in [1.54, 1.807) is 0 Å². The Morgan fingerprint density at radius 1 is 1.07 bits per heavy atom. The number of rotatable bonds is 7. The highest BCUT2D eigenvalue weighted by Gasteiger charge is 2.67. The van der Waals surface area contributed by atoms with Crippen molar-refractivity contribution in [2.24, 2.45) is 0 Å². The van der Waals surface area contributed by atoms with Crippen molar-refractivity contribution >= 4 is 11.9 Å². The molecule has 0 radical (unpaired) electrons. The maximum Gasteiger partial charge on any atom is 0.337 e. The van der Waals surface area contributed by atoms with Crippen LogP contribution in [0.15, 0.2) is 72.8 Å². The van der Waals surface area contributed by atoms with Gasteiger partial charge in [0.25, 0.3) is 5.91 Å². The van der Waals surface area contributed by atoms with Gasteiger partial charge in [0.1, 0.15) is 5.60 Å². The van der Waals surface area contributed by atoms with E-state index in [1.165, 1.54) is 18.9 Å². The molecule has 0 aliphatic carbocycles. The van der Waals surface area contributed by atoms with Crippen molar-refractivity contribution in [3.63, 3.8) is 0 Å². The molecule has 29 heavy (non-hydrogen) atoms. The van der Waals surface area contributed by atoms with Crippen molar-refractivity contribution < 1.29 is 24.2 Å². The zero-order valence-corrected chi connectivity index (χ0v) is 16.6. The summed E-state index contributed by atoms with van der Waals surface area (Å²) in [6.45, 7) is 5.25. The fourth-order valence-corrected chi connectivity index (χ4v) is 3.68. The Labute approximate surface area is 170 Å². The number of hydrogen-bond acceptors (Lipinski definition) is 5. The molecule has 0 spiro atoms. The molecular weight excluding hydrogens is 370 g/mol. The summed E-state index contributed by atoms with van der Waals surface area (Å²) in [4.78, 5) is 27.3. The topological polar surface area (TPSA) is 76.1 Å². The van der Waals surface area contributed by atoms with Gasteiger partial charge in [0.15, 0.2) is 5.54 Å². The Balaban J connectivity index is 1.97. The van der Waals surface area contributed by atoms with E-state index >= 15 is 0 Å². The number of aliphatic hydroxyl groups is 1. The Kier molecular flexibility index (Phi) is 5.86. The second-order valence-electron chi connectivity index (χ2n) is 7.26. The van der Waals surface area contributed by atoms with E-state index in [1.807, 2.05) is 60.7 Å². The lowest BCUT2D eigenvalue weighted by Crippen LogP contribution is -2.65. The molecule has 1 N–H and O–H groups in total. The van der Waals surface area contributed by atoms with Crippen LogP contribution in [0, 0.1) is 0 Å². The Bertz CT molecular complexity index is 894. The Hall–Kier alpha value is -2.96. The van der Waals surface area contributed by atoms with E-state index < -0.39 is 23.0 Å². The predicted octanol–water partition coefficient (Wildman–Crippen LogP) is 2.46. The second-order valence-corrected chi connectivity index (χ2v) is 7.26. The molecule has 1 heterocycles. The molecule has 3 rings (SSSR count). The fourth-order valence-electron chi connectivity index (χ4n) is 3.68. The number of esters is 1. The third kappa shape index (κ3) is 3.57. The molecule has 1 aliphatic rings. The van der Waals surface area contributed by atoms with Crippen LogP contribution in [0.5, 0.6) is 0 Å². The summed E-state index contributed by atoms with van der Waals surface area (Å²) in [6, 6.07) is 18.7. The van der Waals surface area contributed by atoms with Gasteiger partial charge in [0, 0.05) is 12.1 Å². The van der Waals surface area contributed by atoms with Gasteiger partial charge < -0.3 is 19.5 Å². The van der Waals surface area contributed by atoms with Crippen LogP contribution in [0.4, 0.5) is 0 Å². The second kappa shape index (κ2) is 8.19. The van der Waals surface area contributed by atoms with Gasteiger partial charge in [-0.25, -0.2) is 4.79 Å². The first-order valence-electron chi connectivity index (χ1n) is 9.32. The molecular formula is C23H25NO5. The number of amides is 1. The normalized spacial score (nSPS) is 24.0. The monoisotopic (exact) mass is 395 g/mol. The molecule has 6 heteroatoms. The third-order valence-electron chi connectivity index (χ3n) is 5.49. The molecule has 2 aromatic rings. The predicted molar refractivity (Wildman–Crippen MR) is 108 cm³/mol. The van der Waals surface area contributed by atoms with E-state index in [-0.39, 0.29) is 25.3 Å².